The third-order valence-corrected chi connectivity index (χ3v) is 4.92. The van der Waals surface area contributed by atoms with E-state index in [4.69, 9.17) is 16.4 Å². The average molecular weight is 371 g/mol. The Kier molecular flexibility index (Phi) is 6.67. The highest BCUT2D eigenvalue weighted by atomic mass is 35.5. The van der Waals surface area contributed by atoms with Crippen LogP contribution in [0.2, 0.25) is 5.02 Å². The van der Waals surface area contributed by atoms with E-state index in [9.17, 15) is 4.79 Å². The van der Waals surface area contributed by atoms with E-state index >= 15 is 0 Å². The highest BCUT2D eigenvalue weighted by Gasteiger charge is 2.23. The summed E-state index contributed by atoms with van der Waals surface area (Å²) in [5, 5.41) is 4.54. The van der Waals surface area contributed by atoms with E-state index in [0.717, 1.165) is 37.9 Å². The summed E-state index contributed by atoms with van der Waals surface area (Å²) in [7, 11) is 0. The van der Waals surface area contributed by atoms with Crippen LogP contribution < -0.4 is 0 Å². The number of rotatable bonds is 6. The van der Waals surface area contributed by atoms with Crippen LogP contribution in [-0.2, 0) is 16.1 Å². The minimum atomic E-state index is -0.0204. The first kappa shape index (κ1) is 18.5. The maximum Gasteiger partial charge on any atom is 0.263 e. The number of likely N-dealkylation sites (tertiary alicyclic amines) is 1. The molecule has 1 amide bonds. The molecule has 0 atom stereocenters. The van der Waals surface area contributed by atoms with Crippen LogP contribution in [0.25, 0.3) is 0 Å². The maximum absolute atomic E-state index is 12.2. The molecule has 26 heavy (non-hydrogen) atoms. The summed E-state index contributed by atoms with van der Waals surface area (Å²) in [5.41, 5.74) is 2.25. The number of benzene rings is 2. The van der Waals surface area contributed by atoms with Gasteiger partial charge in [0, 0.05) is 18.1 Å². The van der Waals surface area contributed by atoms with Crippen molar-refractivity contribution in [3.8, 4) is 0 Å². The smallest absolute Gasteiger partial charge is 0.263 e. The van der Waals surface area contributed by atoms with Gasteiger partial charge in [-0.15, -0.1) is 0 Å². The first-order valence-electron chi connectivity index (χ1n) is 8.93. The molecule has 0 aromatic heterocycles. The molecule has 0 bridgehead atoms. The fraction of sp³-hybridized carbons (Fsp3) is 0.333. The lowest BCUT2D eigenvalue weighted by atomic mass is 9.90. The molecule has 2 aromatic rings. The van der Waals surface area contributed by atoms with Gasteiger partial charge in [-0.3, -0.25) is 4.79 Å². The Labute approximate surface area is 159 Å². The summed E-state index contributed by atoms with van der Waals surface area (Å²) < 4.78 is 0. The van der Waals surface area contributed by atoms with Crippen molar-refractivity contribution in [3.63, 3.8) is 0 Å². The van der Waals surface area contributed by atoms with E-state index in [1.807, 2.05) is 23.1 Å². The molecule has 5 heteroatoms. The van der Waals surface area contributed by atoms with Crippen LogP contribution in [0.3, 0.4) is 0 Å². The molecule has 0 radical (unpaired) electrons. The molecule has 0 unspecified atom stereocenters. The zero-order valence-electron chi connectivity index (χ0n) is 14.7. The van der Waals surface area contributed by atoms with Crippen molar-refractivity contribution in [2.45, 2.75) is 19.3 Å². The first-order chi connectivity index (χ1) is 12.7. The van der Waals surface area contributed by atoms with E-state index in [0.29, 0.717) is 10.9 Å². The monoisotopic (exact) mass is 370 g/mol. The fourth-order valence-corrected chi connectivity index (χ4v) is 3.29. The number of hydrogen-bond acceptors (Lipinski definition) is 3. The first-order valence-corrected chi connectivity index (χ1v) is 9.31. The molecule has 4 nitrogen and oxygen atoms in total. The number of carbonyl (C=O) groups is 1. The van der Waals surface area contributed by atoms with Crippen molar-refractivity contribution in [1.82, 2.24) is 4.90 Å². The lowest BCUT2D eigenvalue weighted by Crippen LogP contribution is -2.40. The van der Waals surface area contributed by atoms with Gasteiger partial charge in [0.15, 0.2) is 6.61 Å². The topological polar surface area (TPSA) is 41.9 Å². The van der Waals surface area contributed by atoms with E-state index in [2.05, 4.69) is 29.4 Å². The summed E-state index contributed by atoms with van der Waals surface area (Å²) >= 11 is 5.83. The molecular weight excluding hydrogens is 348 g/mol. The minimum Gasteiger partial charge on any atom is -0.386 e. The van der Waals surface area contributed by atoms with Crippen molar-refractivity contribution in [1.29, 1.82) is 0 Å². The molecule has 136 valence electrons. The molecule has 0 spiro atoms. The second-order valence-corrected chi connectivity index (χ2v) is 7.01. The second-order valence-electron chi connectivity index (χ2n) is 6.57. The van der Waals surface area contributed by atoms with Crippen LogP contribution in [0, 0.1) is 5.92 Å². The highest BCUT2D eigenvalue weighted by Crippen LogP contribution is 2.21. The highest BCUT2D eigenvalue weighted by molar-refractivity contribution is 6.30. The predicted molar refractivity (Wildman–Crippen MR) is 104 cm³/mol. The van der Waals surface area contributed by atoms with Gasteiger partial charge in [-0.1, -0.05) is 59.2 Å². The van der Waals surface area contributed by atoms with Crippen LogP contribution in [0.15, 0.2) is 59.8 Å². The standard InChI is InChI=1S/C21H23ClN2O2/c22-20-8-6-19(7-9-20)15-23-26-16-21(25)24-12-10-18(11-13-24)14-17-4-2-1-3-5-17/h1-9,15,18H,10-14,16H2/b23-15-. The summed E-state index contributed by atoms with van der Waals surface area (Å²) in [5.74, 6) is 0.640. The summed E-state index contributed by atoms with van der Waals surface area (Å²) in [6, 6.07) is 17.8. The molecule has 0 saturated carbocycles. The van der Waals surface area contributed by atoms with Crippen LogP contribution in [0.4, 0.5) is 0 Å². The van der Waals surface area contributed by atoms with Gasteiger partial charge in [0.05, 0.1) is 6.21 Å². The number of piperidine rings is 1. The van der Waals surface area contributed by atoms with Crippen LogP contribution in [0.1, 0.15) is 24.0 Å². The molecule has 1 aliphatic heterocycles. The minimum absolute atomic E-state index is 0.00332. The number of hydrogen-bond donors (Lipinski definition) is 0. The van der Waals surface area contributed by atoms with Gasteiger partial charge in [-0.25, -0.2) is 0 Å². The molecule has 3 rings (SSSR count). The molecule has 0 N–H and O–H groups in total. The molecule has 0 aliphatic carbocycles. The Morgan fingerprint density at radius 3 is 2.50 bits per heavy atom. The van der Waals surface area contributed by atoms with Gasteiger partial charge < -0.3 is 9.74 Å². The molecule has 2 aromatic carbocycles. The van der Waals surface area contributed by atoms with Gasteiger partial charge in [-0.2, -0.15) is 0 Å². The maximum atomic E-state index is 12.2. The summed E-state index contributed by atoms with van der Waals surface area (Å²) in [4.78, 5) is 19.3. The van der Waals surface area contributed by atoms with Gasteiger partial charge in [0.1, 0.15) is 0 Å². The van der Waals surface area contributed by atoms with Crippen molar-refractivity contribution >= 4 is 23.7 Å². The van der Waals surface area contributed by atoms with Crippen molar-refractivity contribution < 1.29 is 9.63 Å². The quantitative estimate of drug-likeness (QED) is 0.565. The SMILES string of the molecule is O=C(CO/N=C\c1ccc(Cl)cc1)N1CCC(Cc2ccccc2)CC1. The third-order valence-electron chi connectivity index (χ3n) is 4.67. The molecular formula is C21H23ClN2O2. The van der Waals surface area contributed by atoms with Crippen molar-refractivity contribution in [3.05, 3.63) is 70.7 Å². The van der Waals surface area contributed by atoms with E-state index < -0.39 is 0 Å². The second kappa shape index (κ2) is 9.39. The van der Waals surface area contributed by atoms with Crippen LogP contribution in [0.5, 0.6) is 0 Å². The zero-order valence-corrected chi connectivity index (χ0v) is 15.4. The number of carbonyl (C=O) groups excluding carboxylic acids is 1. The molecule has 1 heterocycles. The van der Waals surface area contributed by atoms with E-state index in [1.54, 1.807) is 18.3 Å². The Morgan fingerprint density at radius 1 is 1.12 bits per heavy atom. The lowest BCUT2D eigenvalue weighted by Gasteiger charge is -2.31. The Hall–Kier alpha value is -2.33. The third kappa shape index (κ3) is 5.60. The normalized spacial score (nSPS) is 15.3. The Bertz CT molecular complexity index is 723. The molecule has 1 saturated heterocycles. The number of oxime groups is 1. The molecule has 1 fully saturated rings. The van der Waals surface area contributed by atoms with Gasteiger partial charge in [-0.05, 0) is 48.4 Å². The summed E-state index contributed by atoms with van der Waals surface area (Å²) in [6.07, 6.45) is 4.74. The van der Waals surface area contributed by atoms with E-state index in [-0.39, 0.29) is 12.5 Å². The zero-order chi connectivity index (χ0) is 18.2. The van der Waals surface area contributed by atoms with Gasteiger partial charge >= 0.3 is 0 Å². The lowest BCUT2D eigenvalue weighted by molar-refractivity contribution is -0.137. The molecule has 1 aliphatic rings. The van der Waals surface area contributed by atoms with Crippen molar-refractivity contribution in [2.24, 2.45) is 11.1 Å². The summed E-state index contributed by atoms with van der Waals surface area (Å²) in [6.45, 7) is 1.56. The van der Waals surface area contributed by atoms with Gasteiger partial charge in [0.25, 0.3) is 5.91 Å². The predicted octanol–water partition coefficient (Wildman–Crippen LogP) is 4.17. The number of nitrogens with zero attached hydrogens (tertiary/aromatic N) is 2. The van der Waals surface area contributed by atoms with E-state index in [1.165, 1.54) is 5.56 Å². The Balaban J connectivity index is 1.37. The van der Waals surface area contributed by atoms with Crippen LogP contribution >= 0.6 is 11.6 Å². The van der Waals surface area contributed by atoms with Gasteiger partial charge in [0.2, 0.25) is 0 Å². The van der Waals surface area contributed by atoms with Crippen LogP contribution in [-0.4, -0.2) is 36.7 Å². The Morgan fingerprint density at radius 2 is 1.81 bits per heavy atom. The fourth-order valence-electron chi connectivity index (χ4n) is 3.16. The number of amides is 1. The number of halogens is 1. The average Bonchev–Trinajstić information content (AvgIpc) is 2.68. The van der Waals surface area contributed by atoms with Crippen molar-refractivity contribution in [2.75, 3.05) is 19.7 Å². The largest absolute Gasteiger partial charge is 0.386 e.